The smallest absolute Gasteiger partial charge is 0.347 e. The third-order valence-corrected chi connectivity index (χ3v) is 28.1. The summed E-state index contributed by atoms with van der Waals surface area (Å²) in [5, 5.41) is 8.61. The van der Waals surface area contributed by atoms with Crippen LogP contribution in [0.15, 0.2) is 248 Å². The van der Waals surface area contributed by atoms with E-state index in [0.717, 1.165) is 80.3 Å². The number of hydrogen-bond acceptors (Lipinski definition) is 14. The monoisotopic (exact) mass is 1580 g/mol. The number of unbranched alkanes of at least 4 members (excludes halogenated alkanes) is 2. The number of nitrogens with zero attached hydrogens (tertiary/aromatic N) is 2. The lowest BCUT2D eigenvalue weighted by Crippen LogP contribution is -2.32. The van der Waals surface area contributed by atoms with Crippen LogP contribution in [0.4, 0.5) is 11.4 Å². The van der Waals surface area contributed by atoms with Gasteiger partial charge in [0.05, 0.1) is 63.0 Å². The summed E-state index contributed by atoms with van der Waals surface area (Å²) in [6.07, 6.45) is 11.1. The van der Waals surface area contributed by atoms with Crippen molar-refractivity contribution in [3.8, 4) is 0 Å². The van der Waals surface area contributed by atoms with Crippen molar-refractivity contribution < 1.29 is 72.1 Å². The Hall–Kier alpha value is -8.79. The molecule has 4 N–H and O–H groups in total. The molecule has 0 aromatic heterocycles. The predicted molar refractivity (Wildman–Crippen MR) is 440 cm³/mol. The van der Waals surface area contributed by atoms with E-state index in [1.807, 2.05) is 109 Å². The number of ether oxygens (including phenoxy) is 1. The van der Waals surface area contributed by atoms with Crippen LogP contribution < -0.4 is 15.5 Å². The van der Waals surface area contributed by atoms with Crippen molar-refractivity contribution in [2.24, 2.45) is 5.92 Å². The minimum atomic E-state index is -4.64. The molecule has 0 saturated carbocycles. The Kier molecular flexibility index (Phi) is 27.1. The third-order valence-electron chi connectivity index (χ3n) is 21.0. The van der Waals surface area contributed by atoms with E-state index in [9.17, 15) is 35.5 Å². The third kappa shape index (κ3) is 20.7. The Labute approximate surface area is 652 Å². The molecule has 9 aromatic carbocycles. The second-order valence-electron chi connectivity index (χ2n) is 29.6. The van der Waals surface area contributed by atoms with E-state index in [0.29, 0.717) is 66.6 Å². The zero-order valence-electron chi connectivity index (χ0n) is 63.3. The van der Waals surface area contributed by atoms with Gasteiger partial charge in [-0.1, -0.05) is 214 Å². The molecule has 582 valence electrons. The minimum Gasteiger partial charge on any atom is -0.378 e. The van der Waals surface area contributed by atoms with Gasteiger partial charge in [-0.2, -0.15) is 21.4 Å². The molecule has 0 saturated heterocycles. The van der Waals surface area contributed by atoms with Crippen LogP contribution >= 0.6 is 15.2 Å². The standard InChI is InChI=1S/C88H98N4O15P2S2/c1-87(2)79(91(54-21-23-58-110(97,98)99)77-48-44-69-34-17-19-38-75(69)84(77)87)50-46-71-36-25-37-72(47-51-80-88(3,4)85-76-39-20-18-35-70(76)45-49-78(85)92(80)55-22-24-59-111(100,101)102)83(71)73-40-42-74(43-41-73)86(94)90-53-57-103-56-52-89-81(93)60-82(108(95,104-61-65-26-9-5-10-27-65)105-62-66-28-11-6-12-29-66)109(96,106-63-67-30-13-7-14-31-67)107-64-68-32-15-8-16-33-68/h5-20,26-35,38-46,48-51,72,82H,21-25,36-37,47,52-64H2,1-4H3,(H3-,89,90,93,94,97,98,99,100,101,102)/p+1/b50-46+,80-51-. The fraction of sp³-hybridized carbons (Fsp3) is 0.330. The summed E-state index contributed by atoms with van der Waals surface area (Å²) in [7, 11) is -17.6. The number of hydrogen-bond donors (Lipinski definition) is 4. The van der Waals surface area contributed by atoms with E-state index in [1.165, 1.54) is 11.1 Å². The van der Waals surface area contributed by atoms with E-state index in [1.54, 1.807) is 48.5 Å². The number of fused-ring (bicyclic) bond motifs is 6. The molecule has 23 heteroatoms. The van der Waals surface area contributed by atoms with Gasteiger partial charge in [0.1, 0.15) is 6.54 Å². The van der Waals surface area contributed by atoms with Crippen molar-refractivity contribution in [3.63, 3.8) is 0 Å². The van der Waals surface area contributed by atoms with Crippen LogP contribution in [0.25, 0.3) is 27.1 Å². The Morgan fingerprint density at radius 3 is 1.59 bits per heavy atom. The number of anilines is 1. The Balaban J connectivity index is 0.774. The molecule has 1 unspecified atom stereocenters. The molecular weight excluding hydrogens is 1480 g/mol. The van der Waals surface area contributed by atoms with Crippen molar-refractivity contribution in [1.82, 2.24) is 10.6 Å². The van der Waals surface area contributed by atoms with E-state index < -0.39 is 64.0 Å². The molecule has 3 aliphatic rings. The van der Waals surface area contributed by atoms with Gasteiger partial charge in [0.2, 0.25) is 11.6 Å². The van der Waals surface area contributed by atoms with Crippen LogP contribution in [0.2, 0.25) is 0 Å². The van der Waals surface area contributed by atoms with Gasteiger partial charge in [-0.25, -0.2) is 0 Å². The lowest BCUT2D eigenvalue weighted by atomic mass is 9.75. The molecule has 1 aliphatic carbocycles. The summed E-state index contributed by atoms with van der Waals surface area (Å²) in [6.45, 7) is 9.47. The van der Waals surface area contributed by atoms with Crippen molar-refractivity contribution in [2.45, 2.75) is 128 Å². The zero-order chi connectivity index (χ0) is 78.2. The summed E-state index contributed by atoms with van der Waals surface area (Å²) in [4.78, 5) is 30.7. The fourth-order valence-corrected chi connectivity index (χ4v) is 21.8. The van der Waals surface area contributed by atoms with E-state index in [2.05, 4.69) is 127 Å². The van der Waals surface area contributed by atoms with Crippen LogP contribution in [0.1, 0.15) is 135 Å². The van der Waals surface area contributed by atoms with Gasteiger partial charge in [0.15, 0.2) is 11.1 Å². The normalized spacial score (nSPS) is 16.2. The first-order chi connectivity index (χ1) is 53.4. The number of carbonyl (C=O) groups is 2. The summed E-state index contributed by atoms with van der Waals surface area (Å²) in [5.74, 6) is -1.60. The molecule has 2 heterocycles. The van der Waals surface area contributed by atoms with Gasteiger partial charge >= 0.3 is 15.2 Å². The maximum atomic E-state index is 15.7. The topological polar surface area (TPSA) is 253 Å². The molecule has 12 rings (SSSR count). The molecule has 111 heavy (non-hydrogen) atoms. The molecule has 0 radical (unpaired) electrons. The van der Waals surface area contributed by atoms with Crippen LogP contribution in [0.3, 0.4) is 0 Å². The van der Waals surface area contributed by atoms with Crippen LogP contribution in [-0.4, -0.2) is 104 Å². The van der Waals surface area contributed by atoms with Gasteiger partial charge in [0.25, 0.3) is 26.1 Å². The number of rotatable bonds is 38. The number of nitrogens with one attached hydrogen (secondary N) is 2. The maximum Gasteiger partial charge on any atom is 0.347 e. The highest BCUT2D eigenvalue weighted by molar-refractivity contribution is 7.86. The number of carbonyl (C=O) groups excluding carboxylic acids is 2. The summed E-state index contributed by atoms with van der Waals surface area (Å²) >= 11 is 0. The van der Waals surface area contributed by atoms with Crippen LogP contribution in [0, 0.1) is 5.92 Å². The highest BCUT2D eigenvalue weighted by atomic mass is 32.2. The SMILES string of the molecule is CC1(C)C(/C=C/C2=C(c3ccc(C(=O)NCCOCCNC(=O)CC(P(=O)(OCc4ccccc4)OCc4ccccc4)P(=O)(OCc4ccccc4)OCc4ccccc4)cc3)C(C/C=C3\N(CCCCS(=O)(=O)O)c4ccc5ccccc5c4C3(C)C)CCC2)=[N+](CCCCS(=O)(=O)O)c2ccc3ccccc3c21. The first kappa shape index (κ1) is 81.7. The molecule has 2 amide bonds. The van der Waals surface area contributed by atoms with Crippen molar-refractivity contribution in [1.29, 1.82) is 0 Å². The average Bonchev–Trinajstić information content (AvgIpc) is 1.58. The fourth-order valence-electron chi connectivity index (χ4n) is 15.6. The lowest BCUT2D eigenvalue weighted by molar-refractivity contribution is -0.438. The summed E-state index contributed by atoms with van der Waals surface area (Å²) in [5.41, 5.74) is 12.1. The van der Waals surface area contributed by atoms with Gasteiger partial charge in [-0.3, -0.25) is 27.8 Å². The quantitative estimate of drug-likeness (QED) is 0.0121. The van der Waals surface area contributed by atoms with E-state index in [4.69, 9.17) is 22.8 Å². The van der Waals surface area contributed by atoms with Crippen LogP contribution in [-0.2, 0) is 94.3 Å². The highest BCUT2D eigenvalue weighted by Gasteiger charge is 2.53. The molecule has 1 atom stereocenters. The van der Waals surface area contributed by atoms with Crippen LogP contribution in [0.5, 0.6) is 0 Å². The second-order valence-corrected chi connectivity index (χ2v) is 37.6. The zero-order valence-corrected chi connectivity index (χ0v) is 66.7. The first-order valence-corrected chi connectivity index (χ1v) is 44.5. The summed E-state index contributed by atoms with van der Waals surface area (Å²) in [6, 6.07) is 69.2. The van der Waals surface area contributed by atoms with Crippen molar-refractivity contribution >= 4 is 91.4 Å². The van der Waals surface area contributed by atoms with Gasteiger partial charge in [-0.15, -0.1) is 0 Å². The maximum absolute atomic E-state index is 15.7. The molecule has 0 fully saturated rings. The molecule has 19 nitrogen and oxygen atoms in total. The predicted octanol–water partition coefficient (Wildman–Crippen LogP) is 18.4. The molecule has 0 bridgehead atoms. The number of allylic oxidation sites excluding steroid dienone is 6. The Bertz CT molecular complexity index is 5040. The largest absolute Gasteiger partial charge is 0.378 e. The number of benzene rings is 9. The van der Waals surface area contributed by atoms with Gasteiger partial charge in [0, 0.05) is 66.1 Å². The number of amides is 2. The average molecular weight is 1580 g/mol. The second kappa shape index (κ2) is 36.8. The molecule has 0 spiro atoms. The van der Waals surface area contributed by atoms with Crippen molar-refractivity contribution in [2.75, 3.05) is 55.8 Å². The highest BCUT2D eigenvalue weighted by Crippen LogP contribution is 2.72. The summed E-state index contributed by atoms with van der Waals surface area (Å²) < 4.78 is 132. The minimum absolute atomic E-state index is 0.00735. The lowest BCUT2D eigenvalue weighted by Gasteiger charge is -2.32. The van der Waals surface area contributed by atoms with Crippen molar-refractivity contribution in [3.05, 3.63) is 292 Å². The van der Waals surface area contributed by atoms with Gasteiger partial charge < -0.3 is 38.4 Å². The molecular formula is C88H99N4O15P2S2+. The Morgan fingerprint density at radius 2 is 1.05 bits per heavy atom. The Morgan fingerprint density at radius 1 is 0.568 bits per heavy atom. The van der Waals surface area contributed by atoms with Gasteiger partial charge in [-0.05, 0) is 155 Å². The van der Waals surface area contributed by atoms with E-state index in [-0.39, 0.29) is 82.5 Å². The molecule has 9 aromatic rings. The molecule has 2 aliphatic heterocycles. The first-order valence-electron chi connectivity index (χ1n) is 38.0. The van der Waals surface area contributed by atoms with E-state index >= 15 is 9.13 Å².